The Morgan fingerprint density at radius 3 is 2.71 bits per heavy atom. The Kier molecular flexibility index (Phi) is 7.67. The lowest BCUT2D eigenvalue weighted by Gasteiger charge is -2.35. The maximum absolute atomic E-state index is 12.5. The number of hydrogen-bond donors (Lipinski definition) is 1. The molecule has 1 N–H and O–H groups in total. The molecule has 2 atom stereocenters. The summed E-state index contributed by atoms with van der Waals surface area (Å²) in [5, 5.41) is 3.46. The average molecular weight is 298 g/mol. The van der Waals surface area contributed by atoms with Gasteiger partial charge in [-0.15, -0.1) is 0 Å². The molecular weight excluding hydrogens is 264 g/mol. The van der Waals surface area contributed by atoms with Gasteiger partial charge in [-0.25, -0.2) is 0 Å². The standard InChI is InChI=1S/C17H34N2O2/c1-6-18-17(16(20)21-7-2)11-8-9-15(17)10-12-19(5)13-14(3)4/h14-15,18H,6-13H2,1-5H3. The third-order valence-corrected chi connectivity index (χ3v) is 4.49. The molecule has 0 saturated heterocycles. The summed E-state index contributed by atoms with van der Waals surface area (Å²) in [5.41, 5.74) is -0.441. The molecule has 2 unspecified atom stereocenters. The minimum absolute atomic E-state index is 0.0409. The molecule has 0 heterocycles. The zero-order valence-electron chi connectivity index (χ0n) is 14.6. The van der Waals surface area contributed by atoms with Crippen LogP contribution in [-0.4, -0.2) is 49.7 Å². The third kappa shape index (κ3) is 4.96. The van der Waals surface area contributed by atoms with Crippen molar-refractivity contribution in [2.45, 2.75) is 58.9 Å². The number of hydrogen-bond acceptors (Lipinski definition) is 4. The first kappa shape index (κ1) is 18.4. The molecule has 0 aromatic carbocycles. The van der Waals surface area contributed by atoms with Gasteiger partial charge in [-0.1, -0.05) is 27.2 Å². The van der Waals surface area contributed by atoms with Gasteiger partial charge in [-0.05, 0) is 58.2 Å². The maximum atomic E-state index is 12.5. The van der Waals surface area contributed by atoms with E-state index in [-0.39, 0.29) is 5.97 Å². The zero-order valence-corrected chi connectivity index (χ0v) is 14.6. The Morgan fingerprint density at radius 2 is 2.14 bits per heavy atom. The van der Waals surface area contributed by atoms with Crippen LogP contribution in [0.1, 0.15) is 53.4 Å². The number of likely N-dealkylation sites (N-methyl/N-ethyl adjacent to an activating group) is 1. The van der Waals surface area contributed by atoms with Crippen LogP contribution >= 0.6 is 0 Å². The zero-order chi connectivity index (χ0) is 15.9. The van der Waals surface area contributed by atoms with Crippen LogP contribution in [0.4, 0.5) is 0 Å². The lowest BCUT2D eigenvalue weighted by atomic mass is 9.84. The molecule has 0 aliphatic heterocycles. The molecule has 0 aromatic rings. The Balaban J connectivity index is 2.67. The van der Waals surface area contributed by atoms with Crippen LogP contribution < -0.4 is 5.32 Å². The van der Waals surface area contributed by atoms with Gasteiger partial charge in [0.05, 0.1) is 6.61 Å². The van der Waals surface area contributed by atoms with E-state index in [9.17, 15) is 4.79 Å². The van der Waals surface area contributed by atoms with Gasteiger partial charge in [0.2, 0.25) is 0 Å². The van der Waals surface area contributed by atoms with Crippen LogP contribution in [0.5, 0.6) is 0 Å². The van der Waals surface area contributed by atoms with Gasteiger partial charge in [0, 0.05) is 6.54 Å². The topological polar surface area (TPSA) is 41.6 Å². The molecular formula is C17H34N2O2. The molecule has 0 radical (unpaired) electrons. The third-order valence-electron chi connectivity index (χ3n) is 4.49. The highest BCUT2D eigenvalue weighted by atomic mass is 16.5. The fraction of sp³-hybridized carbons (Fsp3) is 0.941. The normalized spacial score (nSPS) is 25.8. The number of carbonyl (C=O) groups excluding carboxylic acids is 1. The summed E-state index contributed by atoms with van der Waals surface area (Å²) >= 11 is 0. The molecule has 4 heteroatoms. The molecule has 0 spiro atoms. The summed E-state index contributed by atoms with van der Waals surface area (Å²) in [6.07, 6.45) is 4.22. The first-order valence-corrected chi connectivity index (χ1v) is 8.57. The average Bonchev–Trinajstić information content (AvgIpc) is 2.80. The van der Waals surface area contributed by atoms with Crippen molar-refractivity contribution in [2.75, 3.05) is 33.3 Å². The van der Waals surface area contributed by atoms with Gasteiger partial charge >= 0.3 is 5.97 Å². The molecule has 4 nitrogen and oxygen atoms in total. The lowest BCUT2D eigenvalue weighted by molar-refractivity contribution is -0.153. The summed E-state index contributed by atoms with van der Waals surface area (Å²) in [7, 11) is 2.17. The lowest BCUT2D eigenvalue weighted by Crippen LogP contribution is -2.56. The van der Waals surface area contributed by atoms with Crippen LogP contribution in [-0.2, 0) is 9.53 Å². The molecule has 1 fully saturated rings. The Labute approximate surface area is 130 Å². The quantitative estimate of drug-likeness (QED) is 0.665. The molecule has 1 aliphatic rings. The van der Waals surface area contributed by atoms with Crippen molar-refractivity contribution >= 4 is 5.97 Å². The number of ether oxygens (including phenoxy) is 1. The van der Waals surface area contributed by atoms with Crippen molar-refractivity contribution in [3.8, 4) is 0 Å². The van der Waals surface area contributed by atoms with Crippen molar-refractivity contribution in [1.29, 1.82) is 0 Å². The van der Waals surface area contributed by atoms with Gasteiger partial charge in [0.15, 0.2) is 0 Å². The molecule has 1 aliphatic carbocycles. The van der Waals surface area contributed by atoms with E-state index in [1.807, 2.05) is 6.92 Å². The van der Waals surface area contributed by atoms with E-state index in [1.54, 1.807) is 0 Å². The van der Waals surface area contributed by atoms with E-state index in [1.165, 1.54) is 0 Å². The first-order valence-electron chi connectivity index (χ1n) is 8.57. The van der Waals surface area contributed by atoms with Crippen molar-refractivity contribution in [1.82, 2.24) is 10.2 Å². The summed E-state index contributed by atoms with van der Waals surface area (Å²) in [4.78, 5) is 14.9. The highest BCUT2D eigenvalue weighted by Gasteiger charge is 2.49. The van der Waals surface area contributed by atoms with E-state index in [0.29, 0.717) is 18.4 Å². The fourth-order valence-corrected chi connectivity index (χ4v) is 3.71. The highest BCUT2D eigenvalue weighted by molar-refractivity contribution is 5.81. The Hall–Kier alpha value is -0.610. The predicted octanol–water partition coefficient (Wildman–Crippen LogP) is 2.68. The molecule has 21 heavy (non-hydrogen) atoms. The summed E-state index contributed by atoms with van der Waals surface area (Å²) in [6, 6.07) is 0. The van der Waals surface area contributed by atoms with Crippen molar-refractivity contribution in [3.63, 3.8) is 0 Å². The van der Waals surface area contributed by atoms with Gasteiger partial charge in [-0.3, -0.25) is 4.79 Å². The van der Waals surface area contributed by atoms with Gasteiger partial charge in [-0.2, -0.15) is 0 Å². The molecule has 0 amide bonds. The maximum Gasteiger partial charge on any atom is 0.326 e. The molecule has 1 saturated carbocycles. The summed E-state index contributed by atoms with van der Waals surface area (Å²) in [6.45, 7) is 11.9. The van der Waals surface area contributed by atoms with E-state index in [0.717, 1.165) is 45.3 Å². The second-order valence-electron chi connectivity index (χ2n) is 6.76. The van der Waals surface area contributed by atoms with Crippen LogP contribution in [0.15, 0.2) is 0 Å². The van der Waals surface area contributed by atoms with Gasteiger partial charge in [0.1, 0.15) is 5.54 Å². The van der Waals surface area contributed by atoms with E-state index in [2.05, 4.69) is 38.0 Å². The minimum Gasteiger partial charge on any atom is -0.465 e. The van der Waals surface area contributed by atoms with E-state index < -0.39 is 5.54 Å². The van der Waals surface area contributed by atoms with Gasteiger partial charge in [0.25, 0.3) is 0 Å². The molecule has 1 rings (SSSR count). The van der Waals surface area contributed by atoms with Crippen LogP contribution in [0.2, 0.25) is 0 Å². The molecule has 0 bridgehead atoms. The van der Waals surface area contributed by atoms with Crippen molar-refractivity contribution < 1.29 is 9.53 Å². The number of nitrogens with zero attached hydrogens (tertiary/aromatic N) is 1. The number of carbonyl (C=O) groups is 1. The van der Waals surface area contributed by atoms with Crippen LogP contribution in [0, 0.1) is 11.8 Å². The van der Waals surface area contributed by atoms with E-state index in [4.69, 9.17) is 4.74 Å². The largest absolute Gasteiger partial charge is 0.465 e. The summed E-state index contributed by atoms with van der Waals surface area (Å²) in [5.74, 6) is 1.04. The number of esters is 1. The van der Waals surface area contributed by atoms with Crippen LogP contribution in [0.3, 0.4) is 0 Å². The van der Waals surface area contributed by atoms with Crippen molar-refractivity contribution in [2.24, 2.45) is 11.8 Å². The summed E-state index contributed by atoms with van der Waals surface area (Å²) < 4.78 is 5.37. The predicted molar refractivity (Wildman–Crippen MR) is 87.3 cm³/mol. The SMILES string of the molecule is CCNC1(C(=O)OCC)CCCC1CCN(C)CC(C)C. The first-order chi connectivity index (χ1) is 9.96. The van der Waals surface area contributed by atoms with Gasteiger partial charge < -0.3 is 15.0 Å². The molecule has 124 valence electrons. The number of nitrogens with one attached hydrogen (secondary N) is 1. The minimum atomic E-state index is -0.441. The highest BCUT2D eigenvalue weighted by Crippen LogP contribution is 2.39. The Morgan fingerprint density at radius 1 is 1.43 bits per heavy atom. The van der Waals surface area contributed by atoms with E-state index >= 15 is 0 Å². The second-order valence-corrected chi connectivity index (χ2v) is 6.76. The molecule has 0 aromatic heterocycles. The van der Waals surface area contributed by atoms with Crippen LogP contribution in [0.25, 0.3) is 0 Å². The second kappa shape index (κ2) is 8.74. The number of rotatable bonds is 9. The van der Waals surface area contributed by atoms with Crippen molar-refractivity contribution in [3.05, 3.63) is 0 Å². The fourth-order valence-electron chi connectivity index (χ4n) is 3.71. The Bertz CT molecular complexity index is 320. The monoisotopic (exact) mass is 298 g/mol. The smallest absolute Gasteiger partial charge is 0.326 e.